The second-order valence-corrected chi connectivity index (χ2v) is 9.32. The van der Waals surface area contributed by atoms with Gasteiger partial charge in [0.1, 0.15) is 5.69 Å². The average Bonchev–Trinajstić information content (AvgIpc) is 2.92. The molecule has 2 aromatic rings. The van der Waals surface area contributed by atoms with Crippen LogP contribution in [-0.4, -0.2) is 32.6 Å². The molecule has 1 aliphatic carbocycles. The minimum atomic E-state index is 0.113. The third-order valence-corrected chi connectivity index (χ3v) is 7.58. The maximum atomic E-state index is 13.1. The normalized spacial score (nSPS) is 29.7. The number of nitrogens with zero attached hydrogens (tertiary/aromatic N) is 3. The van der Waals surface area contributed by atoms with Crippen molar-refractivity contribution in [1.29, 1.82) is 0 Å². The summed E-state index contributed by atoms with van der Waals surface area (Å²) < 4.78 is 2.10. The van der Waals surface area contributed by atoms with Crippen molar-refractivity contribution in [3.05, 3.63) is 40.3 Å². The molecule has 3 heterocycles. The SMILES string of the molecule is Cc1nc2ccccc2n([C@H]2C[C@H]3CC[C@@H](C2)N3C2CCCCCCC2)c1=O. The van der Waals surface area contributed by atoms with Crippen LogP contribution in [0.15, 0.2) is 29.1 Å². The number of fused-ring (bicyclic) bond motifs is 3. The Balaban J connectivity index is 1.44. The maximum Gasteiger partial charge on any atom is 0.272 e. The highest BCUT2D eigenvalue weighted by molar-refractivity contribution is 5.74. The Morgan fingerprint density at radius 2 is 1.46 bits per heavy atom. The fraction of sp³-hybridized carbons (Fsp3) is 0.667. The largest absolute Gasteiger partial charge is 0.302 e. The fourth-order valence-corrected chi connectivity index (χ4v) is 6.36. The first-order chi connectivity index (χ1) is 13.7. The van der Waals surface area contributed by atoms with E-state index in [1.165, 1.54) is 57.8 Å². The highest BCUT2D eigenvalue weighted by Gasteiger charge is 2.44. The van der Waals surface area contributed by atoms with Crippen molar-refractivity contribution in [2.24, 2.45) is 0 Å². The van der Waals surface area contributed by atoms with E-state index in [0.717, 1.165) is 29.9 Å². The smallest absolute Gasteiger partial charge is 0.272 e. The number of hydrogen-bond donors (Lipinski definition) is 0. The molecule has 0 spiro atoms. The molecule has 0 amide bonds. The molecule has 1 saturated carbocycles. The molecule has 3 fully saturated rings. The Morgan fingerprint density at radius 1 is 0.821 bits per heavy atom. The number of para-hydroxylation sites is 2. The van der Waals surface area contributed by atoms with E-state index in [2.05, 4.69) is 20.5 Å². The van der Waals surface area contributed by atoms with Crippen molar-refractivity contribution in [3.63, 3.8) is 0 Å². The van der Waals surface area contributed by atoms with Gasteiger partial charge in [-0.2, -0.15) is 0 Å². The van der Waals surface area contributed by atoms with E-state index < -0.39 is 0 Å². The molecule has 3 atom stereocenters. The molecule has 150 valence electrons. The molecule has 4 heteroatoms. The molecule has 5 rings (SSSR count). The number of aryl methyl sites for hydroxylation is 1. The van der Waals surface area contributed by atoms with Gasteiger partial charge in [-0.3, -0.25) is 9.69 Å². The Kier molecular flexibility index (Phi) is 5.00. The molecule has 3 aliphatic rings. The number of rotatable bonds is 2. The second-order valence-electron chi connectivity index (χ2n) is 9.32. The number of hydrogen-bond acceptors (Lipinski definition) is 3. The lowest BCUT2D eigenvalue weighted by atomic mass is 9.89. The molecule has 4 nitrogen and oxygen atoms in total. The monoisotopic (exact) mass is 379 g/mol. The van der Waals surface area contributed by atoms with Gasteiger partial charge in [-0.25, -0.2) is 4.98 Å². The summed E-state index contributed by atoms with van der Waals surface area (Å²) in [5, 5.41) is 0. The van der Waals surface area contributed by atoms with Gasteiger partial charge in [-0.1, -0.05) is 44.2 Å². The quantitative estimate of drug-likeness (QED) is 0.738. The Bertz CT molecular complexity index is 882. The van der Waals surface area contributed by atoms with E-state index in [1.54, 1.807) is 0 Å². The fourth-order valence-electron chi connectivity index (χ4n) is 6.36. The lowest BCUT2D eigenvalue weighted by Gasteiger charge is -2.45. The Labute approximate surface area is 168 Å². The third-order valence-electron chi connectivity index (χ3n) is 7.58. The lowest BCUT2D eigenvalue weighted by Crippen LogP contribution is -2.50. The van der Waals surface area contributed by atoms with Gasteiger partial charge < -0.3 is 4.57 Å². The standard InChI is InChI=1S/C24H33N3O/c1-17-24(28)27(23-12-8-7-11-22(23)25-17)21-15-19-13-14-20(16-21)26(19)18-9-5-3-2-4-6-10-18/h7-8,11-12,18-21H,2-6,9-10,13-16H2,1H3/t19-,20+,21+. The van der Waals surface area contributed by atoms with Crippen LogP contribution in [0.25, 0.3) is 11.0 Å². The summed E-state index contributed by atoms with van der Waals surface area (Å²) in [6.45, 7) is 1.86. The lowest BCUT2D eigenvalue weighted by molar-refractivity contribution is 0.0497. The van der Waals surface area contributed by atoms with Crippen molar-refractivity contribution < 1.29 is 0 Å². The average molecular weight is 380 g/mol. The van der Waals surface area contributed by atoms with Crippen LogP contribution in [-0.2, 0) is 0 Å². The molecule has 0 unspecified atom stereocenters. The van der Waals surface area contributed by atoms with E-state index in [0.29, 0.717) is 23.8 Å². The van der Waals surface area contributed by atoms with Crippen LogP contribution in [0, 0.1) is 6.92 Å². The van der Waals surface area contributed by atoms with E-state index in [1.807, 2.05) is 25.1 Å². The molecule has 2 saturated heterocycles. The molecular formula is C24H33N3O. The van der Waals surface area contributed by atoms with Gasteiger partial charge in [0, 0.05) is 24.2 Å². The number of piperidine rings is 1. The maximum absolute atomic E-state index is 13.1. The summed E-state index contributed by atoms with van der Waals surface area (Å²) in [5.41, 5.74) is 2.72. The first-order valence-corrected chi connectivity index (χ1v) is 11.5. The minimum absolute atomic E-state index is 0.113. The van der Waals surface area contributed by atoms with Crippen molar-refractivity contribution in [1.82, 2.24) is 14.5 Å². The van der Waals surface area contributed by atoms with Crippen molar-refractivity contribution in [2.45, 2.75) is 102 Å². The zero-order valence-electron chi connectivity index (χ0n) is 17.1. The summed E-state index contributed by atoms with van der Waals surface area (Å²) in [7, 11) is 0. The van der Waals surface area contributed by atoms with Gasteiger partial charge in [0.05, 0.1) is 11.0 Å². The third kappa shape index (κ3) is 3.20. The van der Waals surface area contributed by atoms with Gasteiger partial charge in [0.15, 0.2) is 0 Å². The van der Waals surface area contributed by atoms with Gasteiger partial charge in [0.2, 0.25) is 0 Å². The van der Waals surface area contributed by atoms with Crippen LogP contribution >= 0.6 is 0 Å². The predicted octanol–water partition coefficient (Wildman–Crippen LogP) is 4.99. The molecule has 2 bridgehead atoms. The minimum Gasteiger partial charge on any atom is -0.302 e. The van der Waals surface area contributed by atoms with E-state index >= 15 is 0 Å². The van der Waals surface area contributed by atoms with E-state index in [9.17, 15) is 4.79 Å². The number of benzene rings is 1. The van der Waals surface area contributed by atoms with Crippen LogP contribution in [0.2, 0.25) is 0 Å². The molecule has 1 aromatic carbocycles. The van der Waals surface area contributed by atoms with Crippen LogP contribution in [0.4, 0.5) is 0 Å². The summed E-state index contributed by atoms with van der Waals surface area (Å²) >= 11 is 0. The van der Waals surface area contributed by atoms with Crippen LogP contribution in [0.5, 0.6) is 0 Å². The molecule has 28 heavy (non-hydrogen) atoms. The Hall–Kier alpha value is -1.68. The van der Waals surface area contributed by atoms with Crippen LogP contribution in [0.1, 0.15) is 82.4 Å². The van der Waals surface area contributed by atoms with Crippen molar-refractivity contribution in [2.75, 3.05) is 0 Å². The summed E-state index contributed by atoms with van der Waals surface area (Å²) in [4.78, 5) is 20.5. The molecule has 0 N–H and O–H groups in total. The van der Waals surface area contributed by atoms with Gasteiger partial charge >= 0.3 is 0 Å². The molecular weight excluding hydrogens is 346 g/mol. The zero-order valence-corrected chi connectivity index (χ0v) is 17.1. The Morgan fingerprint density at radius 3 is 2.18 bits per heavy atom. The summed E-state index contributed by atoms with van der Waals surface area (Å²) in [6, 6.07) is 10.6. The van der Waals surface area contributed by atoms with Gasteiger partial charge in [-0.15, -0.1) is 0 Å². The molecule has 1 aromatic heterocycles. The van der Waals surface area contributed by atoms with Crippen LogP contribution < -0.4 is 5.56 Å². The van der Waals surface area contributed by atoms with Gasteiger partial charge in [-0.05, 0) is 57.6 Å². The first kappa shape index (κ1) is 18.4. The summed E-state index contributed by atoms with van der Waals surface area (Å²) in [5.74, 6) is 0. The molecule has 2 aliphatic heterocycles. The van der Waals surface area contributed by atoms with Crippen LogP contribution in [0.3, 0.4) is 0 Å². The predicted molar refractivity (Wildman–Crippen MR) is 114 cm³/mol. The van der Waals surface area contributed by atoms with Gasteiger partial charge in [0.25, 0.3) is 5.56 Å². The van der Waals surface area contributed by atoms with E-state index in [4.69, 9.17) is 0 Å². The van der Waals surface area contributed by atoms with Crippen molar-refractivity contribution in [3.8, 4) is 0 Å². The molecule has 0 radical (unpaired) electrons. The number of aromatic nitrogens is 2. The second kappa shape index (κ2) is 7.62. The summed E-state index contributed by atoms with van der Waals surface area (Å²) in [6.07, 6.45) is 14.7. The topological polar surface area (TPSA) is 38.1 Å². The zero-order chi connectivity index (χ0) is 19.1. The van der Waals surface area contributed by atoms with Crippen molar-refractivity contribution >= 4 is 11.0 Å². The highest BCUT2D eigenvalue weighted by atomic mass is 16.1. The van der Waals surface area contributed by atoms with E-state index in [-0.39, 0.29) is 5.56 Å². The first-order valence-electron chi connectivity index (χ1n) is 11.5. The highest BCUT2D eigenvalue weighted by Crippen LogP contribution is 2.44.